The maximum atomic E-state index is 12.6. The Morgan fingerprint density at radius 1 is 1.03 bits per heavy atom. The molecule has 0 radical (unpaired) electrons. The molecule has 5 heteroatoms. The second kappa shape index (κ2) is 8.35. The van der Waals surface area contributed by atoms with Crippen LogP contribution in [0.5, 0.6) is 5.75 Å². The van der Waals surface area contributed by atoms with Crippen LogP contribution < -0.4 is 10.1 Å². The second-order valence-electron chi connectivity index (χ2n) is 7.35. The van der Waals surface area contributed by atoms with Gasteiger partial charge in [0.1, 0.15) is 5.75 Å². The molecule has 0 saturated carbocycles. The van der Waals surface area contributed by atoms with Crippen LogP contribution in [0.25, 0.3) is 10.8 Å². The van der Waals surface area contributed by atoms with E-state index >= 15 is 0 Å². The van der Waals surface area contributed by atoms with Gasteiger partial charge in [-0.3, -0.25) is 9.59 Å². The van der Waals surface area contributed by atoms with Crippen LogP contribution in [0.15, 0.2) is 60.7 Å². The first-order valence-corrected chi connectivity index (χ1v) is 9.84. The quantitative estimate of drug-likeness (QED) is 0.697. The molecule has 3 aromatic carbocycles. The van der Waals surface area contributed by atoms with Crippen molar-refractivity contribution in [2.45, 2.75) is 25.9 Å². The number of nitrogens with zero attached hydrogens (tertiary/aromatic N) is 1. The van der Waals surface area contributed by atoms with Crippen molar-refractivity contribution in [2.75, 3.05) is 13.7 Å². The number of likely N-dealkylation sites (tertiary alicyclic amines) is 1. The molecule has 3 aromatic rings. The Morgan fingerprint density at radius 2 is 1.86 bits per heavy atom. The van der Waals surface area contributed by atoms with Crippen LogP contribution >= 0.6 is 0 Å². The average Bonchev–Trinajstić information content (AvgIpc) is 3.16. The van der Waals surface area contributed by atoms with Crippen LogP contribution in [0.4, 0.5) is 0 Å². The van der Waals surface area contributed by atoms with Crippen LogP contribution in [0.3, 0.4) is 0 Å². The monoisotopic (exact) mass is 388 g/mol. The molecule has 0 aromatic heterocycles. The molecule has 148 valence electrons. The lowest BCUT2D eigenvalue weighted by Gasteiger charge is -2.16. The molecule has 1 fully saturated rings. The molecule has 0 spiro atoms. The number of methoxy groups -OCH3 is 1. The highest BCUT2D eigenvalue weighted by Gasteiger charge is 2.20. The predicted octanol–water partition coefficient (Wildman–Crippen LogP) is 3.90. The fourth-order valence-electron chi connectivity index (χ4n) is 3.70. The molecule has 1 N–H and O–H groups in total. The molecule has 1 aliphatic heterocycles. The van der Waals surface area contributed by atoms with Gasteiger partial charge in [0.15, 0.2) is 0 Å². The fraction of sp³-hybridized carbons (Fsp3) is 0.250. The number of carbonyl (C=O) groups is 2. The Morgan fingerprint density at radius 3 is 2.66 bits per heavy atom. The third kappa shape index (κ3) is 4.40. The third-order valence-electron chi connectivity index (χ3n) is 5.30. The standard InChI is InChI=1S/C24H24N2O3/c1-29-22-10-9-19-12-17(7-8-20(19)14-22)15-25-24(28)21-5-2-4-18(13-21)16-26-11-3-6-23(26)27/h2,4-5,7-10,12-14H,3,6,11,15-16H2,1H3,(H,25,28). The van der Waals surface area contributed by atoms with Crippen molar-refractivity contribution in [1.29, 1.82) is 0 Å². The Hall–Kier alpha value is -3.34. The lowest BCUT2D eigenvalue weighted by Crippen LogP contribution is -2.25. The molecular weight excluding hydrogens is 364 g/mol. The van der Waals surface area contributed by atoms with Crippen molar-refractivity contribution in [3.63, 3.8) is 0 Å². The van der Waals surface area contributed by atoms with Crippen LogP contribution in [0.1, 0.15) is 34.3 Å². The van der Waals surface area contributed by atoms with E-state index in [0.717, 1.165) is 40.6 Å². The van der Waals surface area contributed by atoms with Gasteiger partial charge in [0, 0.05) is 31.6 Å². The number of rotatable bonds is 6. The highest BCUT2D eigenvalue weighted by Crippen LogP contribution is 2.22. The number of ether oxygens (including phenoxy) is 1. The number of nitrogens with one attached hydrogen (secondary N) is 1. The molecular formula is C24H24N2O3. The Bertz CT molecular complexity index is 1060. The van der Waals surface area contributed by atoms with Gasteiger partial charge in [-0.15, -0.1) is 0 Å². The van der Waals surface area contributed by atoms with Crippen molar-refractivity contribution >= 4 is 22.6 Å². The van der Waals surface area contributed by atoms with E-state index in [1.807, 2.05) is 53.4 Å². The van der Waals surface area contributed by atoms with E-state index in [-0.39, 0.29) is 11.8 Å². The molecule has 0 bridgehead atoms. The van der Waals surface area contributed by atoms with Crippen LogP contribution in [0, 0.1) is 0 Å². The molecule has 0 unspecified atom stereocenters. The van der Waals surface area contributed by atoms with E-state index < -0.39 is 0 Å². The van der Waals surface area contributed by atoms with E-state index in [2.05, 4.69) is 11.4 Å². The summed E-state index contributed by atoms with van der Waals surface area (Å²) in [7, 11) is 1.66. The van der Waals surface area contributed by atoms with E-state index in [4.69, 9.17) is 4.74 Å². The number of benzene rings is 3. The van der Waals surface area contributed by atoms with Crippen molar-refractivity contribution < 1.29 is 14.3 Å². The van der Waals surface area contributed by atoms with Gasteiger partial charge in [-0.2, -0.15) is 0 Å². The zero-order valence-corrected chi connectivity index (χ0v) is 16.5. The van der Waals surface area contributed by atoms with E-state index in [1.165, 1.54) is 0 Å². The third-order valence-corrected chi connectivity index (χ3v) is 5.30. The highest BCUT2D eigenvalue weighted by molar-refractivity contribution is 5.94. The minimum absolute atomic E-state index is 0.116. The average molecular weight is 388 g/mol. The Labute approximate surface area is 170 Å². The summed E-state index contributed by atoms with van der Waals surface area (Å²) in [6, 6.07) is 19.6. The molecule has 4 rings (SSSR count). The number of amides is 2. The Kier molecular flexibility index (Phi) is 5.47. The summed E-state index contributed by atoms with van der Waals surface area (Å²) in [5.41, 5.74) is 2.63. The topological polar surface area (TPSA) is 58.6 Å². The van der Waals surface area contributed by atoms with Crippen molar-refractivity contribution in [1.82, 2.24) is 10.2 Å². The van der Waals surface area contributed by atoms with Crippen molar-refractivity contribution in [2.24, 2.45) is 0 Å². The zero-order chi connectivity index (χ0) is 20.2. The van der Waals surface area contributed by atoms with Crippen molar-refractivity contribution in [3.8, 4) is 5.75 Å². The molecule has 1 saturated heterocycles. The second-order valence-corrected chi connectivity index (χ2v) is 7.35. The largest absolute Gasteiger partial charge is 0.497 e. The molecule has 1 aliphatic rings. The minimum atomic E-state index is -0.116. The smallest absolute Gasteiger partial charge is 0.251 e. The number of hydrogen-bond donors (Lipinski definition) is 1. The normalized spacial score (nSPS) is 13.7. The summed E-state index contributed by atoms with van der Waals surface area (Å²) in [5.74, 6) is 0.900. The van der Waals surface area contributed by atoms with Crippen LogP contribution in [0.2, 0.25) is 0 Å². The lowest BCUT2D eigenvalue weighted by molar-refractivity contribution is -0.128. The summed E-state index contributed by atoms with van der Waals surface area (Å²) in [6.07, 6.45) is 1.54. The molecule has 5 nitrogen and oxygen atoms in total. The zero-order valence-electron chi connectivity index (χ0n) is 16.5. The number of carbonyl (C=O) groups excluding carboxylic acids is 2. The summed E-state index contributed by atoms with van der Waals surface area (Å²) < 4.78 is 5.26. The summed E-state index contributed by atoms with van der Waals surface area (Å²) in [4.78, 5) is 26.3. The van der Waals surface area contributed by atoms with Gasteiger partial charge in [0.25, 0.3) is 5.91 Å². The highest BCUT2D eigenvalue weighted by atomic mass is 16.5. The van der Waals surface area contributed by atoms with E-state index in [0.29, 0.717) is 25.1 Å². The molecule has 29 heavy (non-hydrogen) atoms. The fourth-order valence-corrected chi connectivity index (χ4v) is 3.70. The van der Waals surface area contributed by atoms with E-state index in [9.17, 15) is 9.59 Å². The van der Waals surface area contributed by atoms with Gasteiger partial charge < -0.3 is 15.0 Å². The van der Waals surface area contributed by atoms with Crippen LogP contribution in [-0.4, -0.2) is 30.4 Å². The summed E-state index contributed by atoms with van der Waals surface area (Å²) in [6.45, 7) is 1.81. The van der Waals surface area contributed by atoms with Crippen molar-refractivity contribution in [3.05, 3.63) is 77.4 Å². The lowest BCUT2D eigenvalue weighted by atomic mass is 10.1. The van der Waals surface area contributed by atoms with Gasteiger partial charge in [-0.25, -0.2) is 0 Å². The van der Waals surface area contributed by atoms with Gasteiger partial charge in [-0.1, -0.05) is 30.3 Å². The number of hydrogen-bond acceptors (Lipinski definition) is 3. The Balaban J connectivity index is 1.41. The molecule has 2 amide bonds. The maximum absolute atomic E-state index is 12.6. The SMILES string of the molecule is COc1ccc2cc(CNC(=O)c3cccc(CN4CCCC4=O)c3)ccc2c1. The molecule has 0 atom stereocenters. The first-order valence-electron chi connectivity index (χ1n) is 9.84. The van der Waals surface area contributed by atoms with Crippen LogP contribution in [-0.2, 0) is 17.9 Å². The maximum Gasteiger partial charge on any atom is 0.251 e. The predicted molar refractivity (Wildman–Crippen MR) is 113 cm³/mol. The van der Waals surface area contributed by atoms with Gasteiger partial charge in [-0.05, 0) is 58.7 Å². The first-order chi connectivity index (χ1) is 14.1. The molecule has 1 heterocycles. The van der Waals surface area contributed by atoms with Gasteiger partial charge in [0.2, 0.25) is 5.91 Å². The first kappa shape index (κ1) is 19.0. The van der Waals surface area contributed by atoms with Gasteiger partial charge in [0.05, 0.1) is 7.11 Å². The minimum Gasteiger partial charge on any atom is -0.497 e. The summed E-state index contributed by atoms with van der Waals surface area (Å²) >= 11 is 0. The summed E-state index contributed by atoms with van der Waals surface area (Å²) in [5, 5.41) is 5.19. The molecule has 0 aliphatic carbocycles. The van der Waals surface area contributed by atoms with Gasteiger partial charge >= 0.3 is 0 Å². The van der Waals surface area contributed by atoms with E-state index in [1.54, 1.807) is 13.2 Å². The number of fused-ring (bicyclic) bond motifs is 1.